The number of hydrogen-bond acceptors (Lipinski definition) is 5. The summed E-state index contributed by atoms with van der Waals surface area (Å²) in [4.78, 5) is 35.3. The van der Waals surface area contributed by atoms with Crippen LogP contribution in [0.3, 0.4) is 0 Å². The average molecular weight is 359 g/mol. The maximum absolute atomic E-state index is 12.2. The predicted molar refractivity (Wildman–Crippen MR) is 76.7 cm³/mol. The Labute approximate surface area is 130 Å². The highest BCUT2D eigenvalue weighted by Crippen LogP contribution is 2.33. The van der Waals surface area contributed by atoms with Crippen molar-refractivity contribution in [2.45, 2.75) is 18.3 Å². The molecule has 0 bridgehead atoms. The third kappa shape index (κ3) is 3.60. The van der Waals surface area contributed by atoms with Gasteiger partial charge in [0.15, 0.2) is 5.41 Å². The van der Waals surface area contributed by atoms with Crippen molar-refractivity contribution < 1.29 is 29.0 Å². The number of hydrogen-bond donors (Lipinski definition) is 1. The molecule has 0 fully saturated rings. The monoisotopic (exact) mass is 358 g/mol. The molecule has 0 radical (unpaired) electrons. The Morgan fingerprint density at radius 1 is 1.10 bits per heavy atom. The number of carbonyl (C=O) groups is 3. The van der Waals surface area contributed by atoms with E-state index >= 15 is 0 Å². The van der Waals surface area contributed by atoms with Crippen LogP contribution in [0.5, 0.6) is 0 Å². The summed E-state index contributed by atoms with van der Waals surface area (Å²) < 4.78 is 10.2. The van der Waals surface area contributed by atoms with E-state index in [2.05, 4.69) is 15.9 Å². The van der Waals surface area contributed by atoms with Crippen molar-refractivity contribution in [1.29, 1.82) is 0 Å². The van der Waals surface area contributed by atoms with Crippen LogP contribution in [-0.2, 0) is 29.3 Å². The van der Waals surface area contributed by atoms with Crippen LogP contribution in [0, 0.1) is 0 Å². The van der Waals surface area contributed by atoms with Crippen LogP contribution in [0.25, 0.3) is 0 Å². The van der Waals surface area contributed by atoms with Gasteiger partial charge in [0, 0.05) is 10.9 Å². The Hall–Kier alpha value is -1.89. The Balaban J connectivity index is 3.41. The molecule has 114 valence electrons. The molecule has 21 heavy (non-hydrogen) atoms. The first-order valence-corrected chi connectivity index (χ1v) is 6.82. The van der Waals surface area contributed by atoms with Crippen LogP contribution in [0.1, 0.15) is 18.4 Å². The lowest BCUT2D eigenvalue weighted by Gasteiger charge is -2.28. The van der Waals surface area contributed by atoms with Crippen LogP contribution in [-0.4, -0.2) is 37.2 Å². The van der Waals surface area contributed by atoms with Crippen LogP contribution in [0.2, 0.25) is 0 Å². The predicted octanol–water partition coefficient (Wildman–Crippen LogP) is 1.90. The molecule has 1 aromatic rings. The van der Waals surface area contributed by atoms with Crippen molar-refractivity contribution in [2.24, 2.45) is 0 Å². The summed E-state index contributed by atoms with van der Waals surface area (Å²) in [6.45, 7) is 0. The van der Waals surface area contributed by atoms with Crippen LogP contribution >= 0.6 is 15.9 Å². The van der Waals surface area contributed by atoms with Gasteiger partial charge in [-0.05, 0) is 24.1 Å². The minimum absolute atomic E-state index is 0.247. The smallest absolute Gasteiger partial charge is 0.327 e. The summed E-state index contributed by atoms with van der Waals surface area (Å²) in [6, 6.07) is 6.41. The lowest BCUT2D eigenvalue weighted by molar-refractivity contribution is -0.162. The Bertz CT molecular complexity index is 521. The average Bonchev–Trinajstić information content (AvgIpc) is 2.48. The molecule has 0 aromatic heterocycles. The Morgan fingerprint density at radius 2 is 1.57 bits per heavy atom. The van der Waals surface area contributed by atoms with Gasteiger partial charge in [0.2, 0.25) is 0 Å². The second-order valence-corrected chi connectivity index (χ2v) is 5.20. The molecular weight excluding hydrogens is 344 g/mol. The molecule has 0 aliphatic carbocycles. The first-order valence-electron chi connectivity index (χ1n) is 6.03. The van der Waals surface area contributed by atoms with Gasteiger partial charge in [0.1, 0.15) is 0 Å². The van der Waals surface area contributed by atoms with E-state index in [0.29, 0.717) is 5.56 Å². The number of ether oxygens (including phenoxy) is 2. The number of aliphatic carboxylic acids is 1. The zero-order valence-corrected chi connectivity index (χ0v) is 13.2. The van der Waals surface area contributed by atoms with E-state index in [-0.39, 0.29) is 12.8 Å². The lowest BCUT2D eigenvalue weighted by atomic mass is 9.76. The number of benzene rings is 1. The van der Waals surface area contributed by atoms with E-state index in [1.165, 1.54) is 0 Å². The topological polar surface area (TPSA) is 89.9 Å². The number of carboxylic acid groups (broad SMARTS) is 1. The van der Waals surface area contributed by atoms with Crippen molar-refractivity contribution in [3.63, 3.8) is 0 Å². The van der Waals surface area contributed by atoms with Crippen molar-refractivity contribution in [1.82, 2.24) is 0 Å². The highest BCUT2D eigenvalue weighted by Gasteiger charge is 2.50. The fourth-order valence-corrected chi connectivity index (χ4v) is 2.31. The Kier molecular flexibility index (Phi) is 5.90. The van der Waals surface area contributed by atoms with Crippen LogP contribution < -0.4 is 0 Å². The minimum Gasteiger partial charge on any atom is -0.481 e. The van der Waals surface area contributed by atoms with Gasteiger partial charge in [0.25, 0.3) is 0 Å². The maximum atomic E-state index is 12.2. The molecule has 1 aromatic carbocycles. The van der Waals surface area contributed by atoms with Gasteiger partial charge >= 0.3 is 17.9 Å². The molecule has 1 N–H and O–H groups in total. The van der Waals surface area contributed by atoms with Crippen molar-refractivity contribution in [3.05, 3.63) is 34.3 Å². The van der Waals surface area contributed by atoms with Gasteiger partial charge in [-0.3, -0.25) is 14.4 Å². The van der Waals surface area contributed by atoms with Crippen LogP contribution in [0.4, 0.5) is 0 Å². The van der Waals surface area contributed by atoms with Gasteiger partial charge in [-0.1, -0.05) is 28.1 Å². The SMILES string of the molecule is COC(=O)C(CCC(=O)O)(C(=O)OC)c1ccc(Br)cc1. The van der Waals surface area contributed by atoms with E-state index in [0.717, 1.165) is 18.7 Å². The molecule has 0 atom stereocenters. The first-order chi connectivity index (χ1) is 9.88. The first kappa shape index (κ1) is 17.2. The zero-order valence-electron chi connectivity index (χ0n) is 11.6. The number of esters is 2. The Morgan fingerprint density at radius 3 is 1.95 bits per heavy atom. The summed E-state index contributed by atoms with van der Waals surface area (Å²) in [7, 11) is 2.28. The molecule has 6 nitrogen and oxygen atoms in total. The number of carbonyl (C=O) groups excluding carboxylic acids is 2. The number of methoxy groups -OCH3 is 2. The quantitative estimate of drug-likeness (QED) is 0.616. The summed E-state index contributed by atoms with van der Waals surface area (Å²) in [6.07, 6.45) is -0.621. The largest absolute Gasteiger partial charge is 0.481 e. The molecule has 7 heteroatoms. The fraction of sp³-hybridized carbons (Fsp3) is 0.357. The summed E-state index contributed by atoms with van der Waals surface area (Å²) in [5.74, 6) is -2.82. The summed E-state index contributed by atoms with van der Waals surface area (Å²) in [5, 5.41) is 8.87. The van der Waals surface area contributed by atoms with Crippen molar-refractivity contribution in [3.8, 4) is 0 Å². The third-order valence-electron chi connectivity index (χ3n) is 3.12. The minimum atomic E-state index is -1.79. The molecule has 1 rings (SSSR count). The highest BCUT2D eigenvalue weighted by molar-refractivity contribution is 9.10. The van der Waals surface area contributed by atoms with E-state index in [9.17, 15) is 14.4 Å². The van der Waals surface area contributed by atoms with Crippen molar-refractivity contribution >= 4 is 33.8 Å². The highest BCUT2D eigenvalue weighted by atomic mass is 79.9. The molecule has 0 aliphatic rings. The number of carboxylic acids is 1. The molecule has 0 heterocycles. The molecular formula is C14H15BrO6. The van der Waals surface area contributed by atoms with Crippen molar-refractivity contribution in [2.75, 3.05) is 14.2 Å². The number of halogens is 1. The van der Waals surface area contributed by atoms with Gasteiger partial charge in [-0.15, -0.1) is 0 Å². The van der Waals surface area contributed by atoms with Gasteiger partial charge in [0.05, 0.1) is 14.2 Å². The zero-order chi connectivity index (χ0) is 16.0. The second kappa shape index (κ2) is 7.21. The molecule has 0 saturated heterocycles. The van der Waals surface area contributed by atoms with Gasteiger partial charge in [-0.25, -0.2) is 0 Å². The summed E-state index contributed by atoms with van der Waals surface area (Å²) >= 11 is 3.26. The molecule has 0 unspecified atom stereocenters. The normalized spacial score (nSPS) is 10.8. The molecule has 0 saturated carbocycles. The maximum Gasteiger partial charge on any atom is 0.327 e. The van der Waals surface area contributed by atoms with E-state index in [4.69, 9.17) is 14.6 Å². The van der Waals surface area contributed by atoms with E-state index in [1.807, 2.05) is 0 Å². The summed E-state index contributed by atoms with van der Waals surface area (Å²) in [5.41, 5.74) is -1.46. The van der Waals surface area contributed by atoms with Gasteiger partial charge in [-0.2, -0.15) is 0 Å². The molecule has 0 spiro atoms. The lowest BCUT2D eigenvalue weighted by Crippen LogP contribution is -2.46. The molecule has 0 aliphatic heterocycles. The van der Waals surface area contributed by atoms with Gasteiger partial charge < -0.3 is 14.6 Å². The van der Waals surface area contributed by atoms with Crippen LogP contribution in [0.15, 0.2) is 28.7 Å². The van der Waals surface area contributed by atoms with E-state index in [1.54, 1.807) is 24.3 Å². The second-order valence-electron chi connectivity index (χ2n) is 4.29. The standard InChI is InChI=1S/C14H15BrO6/c1-20-12(18)14(13(19)21-2,8-7-11(16)17)9-3-5-10(15)6-4-9/h3-6H,7-8H2,1-2H3,(H,16,17). The third-order valence-corrected chi connectivity index (χ3v) is 3.65. The fourth-order valence-electron chi connectivity index (χ4n) is 2.04. The van der Waals surface area contributed by atoms with E-state index < -0.39 is 23.3 Å². The molecule has 0 amide bonds. The number of rotatable bonds is 6.